The van der Waals surface area contributed by atoms with E-state index in [-0.39, 0.29) is 36.4 Å². The van der Waals surface area contributed by atoms with Gasteiger partial charge in [-0.25, -0.2) is 9.37 Å². The zero-order valence-electron chi connectivity index (χ0n) is 16.3. The van der Waals surface area contributed by atoms with E-state index in [0.29, 0.717) is 5.01 Å². The van der Waals surface area contributed by atoms with Gasteiger partial charge in [0.25, 0.3) is 10.2 Å². The van der Waals surface area contributed by atoms with E-state index >= 15 is 0 Å². The lowest BCUT2D eigenvalue weighted by atomic mass is 10.1. The van der Waals surface area contributed by atoms with Crippen molar-refractivity contribution in [2.24, 2.45) is 0 Å². The zero-order chi connectivity index (χ0) is 21.9. The van der Waals surface area contributed by atoms with Gasteiger partial charge in [0.2, 0.25) is 5.91 Å². The summed E-state index contributed by atoms with van der Waals surface area (Å²) in [6.07, 6.45) is 1.67. The quantitative estimate of drug-likeness (QED) is 0.640. The van der Waals surface area contributed by atoms with Crippen LogP contribution in [0.2, 0.25) is 5.02 Å². The highest BCUT2D eigenvalue weighted by Gasteiger charge is 2.43. The van der Waals surface area contributed by atoms with Crippen molar-refractivity contribution >= 4 is 44.7 Å². The number of carbonyl (C=O) groups is 1. The number of amides is 1. The maximum atomic E-state index is 13.4. The van der Waals surface area contributed by atoms with Crippen LogP contribution >= 0.6 is 22.9 Å². The average molecular weight is 477 g/mol. The van der Waals surface area contributed by atoms with Crippen LogP contribution < -0.4 is 10.0 Å². The smallest absolute Gasteiger partial charge is 0.280 e. The van der Waals surface area contributed by atoms with E-state index in [0.717, 1.165) is 10.4 Å². The molecule has 0 spiro atoms. The Morgan fingerprint density at radius 3 is 2.90 bits per heavy atom. The molecule has 1 saturated heterocycles. The van der Waals surface area contributed by atoms with Crippen LogP contribution in [0.1, 0.15) is 31.3 Å². The van der Waals surface area contributed by atoms with Crippen molar-refractivity contribution in [3.8, 4) is 0 Å². The fraction of sp³-hybridized carbons (Fsp3) is 0.444. The summed E-state index contributed by atoms with van der Waals surface area (Å²) >= 11 is 7.08. The van der Waals surface area contributed by atoms with Gasteiger partial charge in [-0.2, -0.15) is 17.4 Å². The number of anilines is 1. The van der Waals surface area contributed by atoms with Gasteiger partial charge in [-0.05, 0) is 38.5 Å². The topological polar surface area (TPSA) is 101 Å². The third-order valence-electron chi connectivity index (χ3n) is 4.41. The molecule has 1 aliphatic heterocycles. The van der Waals surface area contributed by atoms with Gasteiger partial charge in [0.15, 0.2) is 0 Å². The van der Waals surface area contributed by atoms with Crippen LogP contribution in [0.5, 0.6) is 0 Å². The Morgan fingerprint density at radius 2 is 2.27 bits per heavy atom. The van der Waals surface area contributed by atoms with Crippen LogP contribution in [-0.4, -0.2) is 48.9 Å². The number of nitrogens with one attached hydrogen (secondary N) is 2. The maximum absolute atomic E-state index is 13.4. The number of hydrogen-bond donors (Lipinski definition) is 2. The van der Waals surface area contributed by atoms with Gasteiger partial charge in [-0.15, -0.1) is 11.3 Å². The number of aromatic nitrogens is 1. The molecule has 1 aliphatic rings. The molecule has 1 amide bonds. The second-order valence-corrected chi connectivity index (χ2v) is 9.93. The highest BCUT2D eigenvalue weighted by atomic mass is 35.5. The largest absolute Gasteiger partial charge is 0.377 e. The summed E-state index contributed by atoms with van der Waals surface area (Å²) in [6, 6.07) is 2.12. The Labute approximate surface area is 183 Å². The molecule has 0 aliphatic carbocycles. The molecule has 1 aromatic carbocycles. The number of ether oxygens (including phenoxy) is 1. The number of carbonyl (C=O) groups excluding carboxylic acids is 1. The van der Waals surface area contributed by atoms with Crippen LogP contribution in [0.15, 0.2) is 29.8 Å². The van der Waals surface area contributed by atoms with E-state index in [1.54, 1.807) is 11.6 Å². The van der Waals surface area contributed by atoms with Gasteiger partial charge in [-0.1, -0.05) is 11.6 Å². The van der Waals surface area contributed by atoms with E-state index in [2.05, 4.69) is 15.0 Å². The summed E-state index contributed by atoms with van der Waals surface area (Å²) in [5, 5.41) is 4.79. The molecule has 2 aromatic rings. The van der Waals surface area contributed by atoms with Crippen molar-refractivity contribution in [3.05, 3.63) is 45.6 Å². The van der Waals surface area contributed by atoms with Crippen molar-refractivity contribution in [1.29, 1.82) is 0 Å². The third kappa shape index (κ3) is 5.54. The van der Waals surface area contributed by atoms with Gasteiger partial charge >= 0.3 is 0 Å². The number of thiazole rings is 1. The first-order valence-corrected chi connectivity index (χ1v) is 11.9. The fourth-order valence-electron chi connectivity index (χ4n) is 3.05. The summed E-state index contributed by atoms with van der Waals surface area (Å²) in [6.45, 7) is 3.81. The lowest BCUT2D eigenvalue weighted by Gasteiger charge is -2.37. The van der Waals surface area contributed by atoms with Crippen LogP contribution in [-0.2, 0) is 19.7 Å². The average Bonchev–Trinajstić information content (AvgIpc) is 3.20. The molecule has 164 valence electrons. The van der Waals surface area contributed by atoms with Crippen LogP contribution in [0.25, 0.3) is 0 Å². The first-order chi connectivity index (χ1) is 14.2. The summed E-state index contributed by atoms with van der Waals surface area (Å²) in [7, 11) is -3.97. The van der Waals surface area contributed by atoms with Crippen molar-refractivity contribution in [2.75, 3.05) is 18.5 Å². The second kappa shape index (κ2) is 9.67. The molecule has 0 bridgehead atoms. The van der Waals surface area contributed by atoms with E-state index < -0.39 is 34.0 Å². The van der Waals surface area contributed by atoms with Crippen LogP contribution in [0.4, 0.5) is 10.1 Å². The number of rotatable bonds is 7. The molecule has 2 heterocycles. The predicted molar refractivity (Wildman–Crippen MR) is 113 cm³/mol. The highest BCUT2D eigenvalue weighted by Crippen LogP contribution is 2.30. The van der Waals surface area contributed by atoms with E-state index in [4.69, 9.17) is 16.3 Å². The van der Waals surface area contributed by atoms with Crippen molar-refractivity contribution < 1.29 is 22.3 Å². The lowest BCUT2D eigenvalue weighted by molar-refractivity contribution is -0.120. The summed E-state index contributed by atoms with van der Waals surface area (Å²) < 4.78 is 48.4. The Balaban J connectivity index is 1.85. The molecule has 1 fully saturated rings. The highest BCUT2D eigenvalue weighted by molar-refractivity contribution is 7.87. The molecule has 0 radical (unpaired) electrons. The molecule has 1 aromatic heterocycles. The summed E-state index contributed by atoms with van der Waals surface area (Å²) in [5.41, 5.74) is 0.270. The summed E-state index contributed by atoms with van der Waals surface area (Å²) in [4.78, 5) is 17.2. The molecular formula is C18H22ClFN4O4S2. The molecule has 0 saturated carbocycles. The second-order valence-electron chi connectivity index (χ2n) is 6.95. The Morgan fingerprint density at radius 1 is 1.50 bits per heavy atom. The Hall–Kier alpha value is -1.63. The zero-order valence-corrected chi connectivity index (χ0v) is 18.7. The molecule has 0 unspecified atom stereocenters. The molecule has 2 atom stereocenters. The van der Waals surface area contributed by atoms with Crippen molar-refractivity contribution in [3.63, 3.8) is 0 Å². The monoisotopic (exact) mass is 476 g/mol. The van der Waals surface area contributed by atoms with Gasteiger partial charge in [0.1, 0.15) is 16.9 Å². The van der Waals surface area contributed by atoms with E-state index in [9.17, 15) is 17.6 Å². The van der Waals surface area contributed by atoms with Gasteiger partial charge in [0.05, 0.1) is 23.8 Å². The number of halogens is 2. The molecule has 12 heteroatoms. The minimum absolute atomic E-state index is 0.000360. The van der Waals surface area contributed by atoms with Crippen LogP contribution in [0, 0.1) is 5.82 Å². The normalized spacial score (nSPS) is 21.6. The molecule has 3 rings (SSSR count). The number of nitrogens with zero attached hydrogens (tertiary/aromatic N) is 2. The first kappa shape index (κ1) is 23.0. The standard InChI is InChI=1S/C18H22ClFN4O4S2/c1-11(2)28-7-6-24-16(17(25)22-12-3-4-14(20)13(19)9-12)10-15(23-30(24,26)27)18-21-5-8-29-18/h3-5,8-9,11,15-16,23H,6-7,10H2,1-2H3,(H,22,25)/t15-,16+/m1/s1. The Kier molecular flexibility index (Phi) is 7.43. The fourth-order valence-corrected chi connectivity index (χ4v) is 5.55. The minimum Gasteiger partial charge on any atom is -0.377 e. The van der Waals surface area contributed by atoms with Crippen molar-refractivity contribution in [2.45, 2.75) is 38.5 Å². The molecule has 8 nitrogen and oxygen atoms in total. The van der Waals surface area contributed by atoms with Gasteiger partial charge < -0.3 is 10.1 Å². The molecular weight excluding hydrogens is 455 g/mol. The molecule has 30 heavy (non-hydrogen) atoms. The SMILES string of the molecule is CC(C)OCCN1[C@H](C(=O)Nc2ccc(F)c(Cl)c2)C[C@H](c2nccs2)NS1(=O)=O. The maximum Gasteiger partial charge on any atom is 0.280 e. The van der Waals surface area contributed by atoms with E-state index in [1.807, 2.05) is 13.8 Å². The number of hydrogen-bond acceptors (Lipinski definition) is 6. The number of benzene rings is 1. The van der Waals surface area contributed by atoms with Gasteiger partial charge in [0, 0.05) is 23.8 Å². The minimum atomic E-state index is -3.97. The van der Waals surface area contributed by atoms with Crippen molar-refractivity contribution in [1.82, 2.24) is 14.0 Å². The van der Waals surface area contributed by atoms with E-state index in [1.165, 1.54) is 23.5 Å². The Bertz CT molecular complexity index is 988. The van der Waals surface area contributed by atoms with Gasteiger partial charge in [-0.3, -0.25) is 4.79 Å². The van der Waals surface area contributed by atoms with Crippen LogP contribution in [0.3, 0.4) is 0 Å². The molecule has 2 N–H and O–H groups in total. The third-order valence-corrected chi connectivity index (χ3v) is 7.22. The lowest BCUT2D eigenvalue weighted by Crippen LogP contribution is -2.58. The summed E-state index contributed by atoms with van der Waals surface area (Å²) in [5.74, 6) is -1.16. The predicted octanol–water partition coefficient (Wildman–Crippen LogP) is 2.95. The first-order valence-electron chi connectivity index (χ1n) is 9.23.